The zero-order valence-electron chi connectivity index (χ0n) is 9.83. The summed E-state index contributed by atoms with van der Waals surface area (Å²) in [5.74, 6) is -0.831. The number of phenolic OH excluding ortho intramolecular Hbond substituents is 1. The normalized spacial score (nSPS) is 17.6. The van der Waals surface area contributed by atoms with Crippen LogP contribution in [0.2, 0.25) is 0 Å². The van der Waals surface area contributed by atoms with Gasteiger partial charge in [-0.3, -0.25) is 0 Å². The Morgan fingerprint density at radius 2 is 2.11 bits per heavy atom. The number of carbonyl (C=O) groups is 1. The van der Waals surface area contributed by atoms with E-state index >= 15 is 0 Å². The van der Waals surface area contributed by atoms with Crippen molar-refractivity contribution in [3.8, 4) is 11.5 Å². The molecule has 98 valence electrons. The minimum absolute atomic E-state index is 0.0445. The molecule has 1 aromatic carbocycles. The third kappa shape index (κ3) is 2.72. The van der Waals surface area contributed by atoms with Crippen molar-refractivity contribution in [3.05, 3.63) is 23.8 Å². The summed E-state index contributed by atoms with van der Waals surface area (Å²) in [6.07, 6.45) is -1.55. The Balaban J connectivity index is 2.11. The second-order valence-corrected chi connectivity index (χ2v) is 3.89. The van der Waals surface area contributed by atoms with E-state index in [-0.39, 0.29) is 11.5 Å². The molecular formula is C12H14O6. The third-order valence-corrected chi connectivity index (χ3v) is 2.54. The molecule has 0 radical (unpaired) electrons. The maximum Gasteiger partial charge on any atom is 0.344 e. The average Bonchev–Trinajstić information content (AvgIpc) is 2.82. The lowest BCUT2D eigenvalue weighted by Gasteiger charge is -2.14. The summed E-state index contributed by atoms with van der Waals surface area (Å²) in [6, 6.07) is 4.51. The number of hydrogen-bond acceptors (Lipinski definition) is 5. The summed E-state index contributed by atoms with van der Waals surface area (Å²) in [4.78, 5) is 10.6. The smallest absolute Gasteiger partial charge is 0.344 e. The standard InChI is InChI=1S/C12H14O6/c1-7(11(14)15)18-8-2-3-9(10(13)6-8)12-16-4-5-17-12/h2-3,6-7,12-13H,4-5H2,1H3,(H,14,15). The highest BCUT2D eigenvalue weighted by molar-refractivity contribution is 5.72. The average molecular weight is 254 g/mol. The van der Waals surface area contributed by atoms with Gasteiger partial charge in [-0.05, 0) is 19.1 Å². The Labute approximate surface area is 104 Å². The fourth-order valence-electron chi connectivity index (χ4n) is 1.59. The molecule has 1 aromatic rings. The van der Waals surface area contributed by atoms with Crippen LogP contribution < -0.4 is 4.74 Å². The van der Waals surface area contributed by atoms with Crippen LogP contribution in [0.5, 0.6) is 11.5 Å². The topological polar surface area (TPSA) is 85.2 Å². The van der Waals surface area contributed by atoms with Crippen LogP contribution in [0.15, 0.2) is 18.2 Å². The molecule has 18 heavy (non-hydrogen) atoms. The van der Waals surface area contributed by atoms with Gasteiger partial charge in [0.25, 0.3) is 0 Å². The largest absolute Gasteiger partial charge is 0.507 e. The van der Waals surface area contributed by atoms with Crippen LogP contribution in [0.25, 0.3) is 0 Å². The Hall–Kier alpha value is -1.79. The van der Waals surface area contributed by atoms with Gasteiger partial charge in [-0.2, -0.15) is 0 Å². The van der Waals surface area contributed by atoms with Crippen LogP contribution in [0.3, 0.4) is 0 Å². The van der Waals surface area contributed by atoms with Crippen LogP contribution in [0.4, 0.5) is 0 Å². The molecule has 1 fully saturated rings. The van der Waals surface area contributed by atoms with Crippen molar-refractivity contribution in [2.24, 2.45) is 0 Å². The highest BCUT2D eigenvalue weighted by atomic mass is 16.7. The van der Waals surface area contributed by atoms with Crippen LogP contribution in [-0.4, -0.2) is 35.5 Å². The molecule has 0 spiro atoms. The molecule has 2 rings (SSSR count). The van der Waals surface area contributed by atoms with Gasteiger partial charge in [0.1, 0.15) is 11.5 Å². The van der Waals surface area contributed by atoms with Crippen molar-refractivity contribution in [1.29, 1.82) is 0 Å². The Morgan fingerprint density at radius 1 is 1.44 bits per heavy atom. The summed E-state index contributed by atoms with van der Waals surface area (Å²) in [5, 5.41) is 18.5. The minimum Gasteiger partial charge on any atom is -0.507 e. The Morgan fingerprint density at radius 3 is 2.67 bits per heavy atom. The van der Waals surface area contributed by atoms with Crippen molar-refractivity contribution in [2.75, 3.05) is 13.2 Å². The number of phenols is 1. The van der Waals surface area contributed by atoms with Crippen molar-refractivity contribution >= 4 is 5.97 Å². The molecule has 1 unspecified atom stereocenters. The predicted molar refractivity (Wildman–Crippen MR) is 60.5 cm³/mol. The fourth-order valence-corrected chi connectivity index (χ4v) is 1.59. The highest BCUT2D eigenvalue weighted by Gasteiger charge is 2.22. The van der Waals surface area contributed by atoms with Crippen LogP contribution in [0, 0.1) is 0 Å². The van der Waals surface area contributed by atoms with Gasteiger partial charge in [-0.25, -0.2) is 4.79 Å². The molecule has 0 bridgehead atoms. The number of carboxylic acid groups (broad SMARTS) is 1. The van der Waals surface area contributed by atoms with E-state index in [1.807, 2.05) is 0 Å². The SMILES string of the molecule is CC(Oc1ccc(C2OCCO2)c(O)c1)C(=O)O. The number of carboxylic acids is 1. The Bertz CT molecular complexity index is 438. The van der Waals surface area contributed by atoms with Gasteiger partial charge >= 0.3 is 5.97 Å². The lowest BCUT2D eigenvalue weighted by atomic mass is 10.2. The van der Waals surface area contributed by atoms with E-state index in [2.05, 4.69) is 0 Å². The molecule has 1 aliphatic rings. The van der Waals surface area contributed by atoms with Crippen molar-refractivity contribution in [3.63, 3.8) is 0 Å². The van der Waals surface area contributed by atoms with Crippen LogP contribution in [-0.2, 0) is 14.3 Å². The fraction of sp³-hybridized carbons (Fsp3) is 0.417. The maximum absolute atomic E-state index is 10.6. The van der Waals surface area contributed by atoms with E-state index in [1.165, 1.54) is 13.0 Å². The van der Waals surface area contributed by atoms with Gasteiger partial charge in [0, 0.05) is 11.6 Å². The van der Waals surface area contributed by atoms with Crippen LogP contribution in [0.1, 0.15) is 18.8 Å². The molecule has 1 heterocycles. The summed E-state index contributed by atoms with van der Waals surface area (Å²) < 4.78 is 15.7. The predicted octanol–water partition coefficient (Wildman–Crippen LogP) is 1.29. The van der Waals surface area contributed by atoms with E-state index in [0.29, 0.717) is 18.8 Å². The van der Waals surface area contributed by atoms with E-state index in [0.717, 1.165) is 0 Å². The molecule has 0 aromatic heterocycles. The van der Waals surface area contributed by atoms with Gasteiger partial charge < -0.3 is 24.4 Å². The summed E-state index contributed by atoms with van der Waals surface area (Å²) in [7, 11) is 0. The Kier molecular flexibility index (Phi) is 3.69. The zero-order valence-corrected chi connectivity index (χ0v) is 9.83. The van der Waals surface area contributed by atoms with Gasteiger partial charge in [-0.1, -0.05) is 0 Å². The molecular weight excluding hydrogens is 240 g/mol. The number of aromatic hydroxyl groups is 1. The molecule has 6 heteroatoms. The monoisotopic (exact) mass is 254 g/mol. The second kappa shape index (κ2) is 5.24. The second-order valence-electron chi connectivity index (χ2n) is 3.89. The van der Waals surface area contributed by atoms with Crippen molar-refractivity contribution < 1.29 is 29.2 Å². The van der Waals surface area contributed by atoms with Gasteiger partial charge in [0.15, 0.2) is 12.4 Å². The summed E-state index contributed by atoms with van der Waals surface area (Å²) in [6.45, 7) is 2.38. The van der Waals surface area contributed by atoms with Crippen molar-refractivity contribution in [1.82, 2.24) is 0 Å². The molecule has 0 aliphatic carbocycles. The maximum atomic E-state index is 10.6. The van der Waals surface area contributed by atoms with Gasteiger partial charge in [0.2, 0.25) is 0 Å². The first-order valence-corrected chi connectivity index (χ1v) is 5.53. The van der Waals surface area contributed by atoms with E-state index < -0.39 is 18.4 Å². The van der Waals surface area contributed by atoms with Crippen LogP contribution >= 0.6 is 0 Å². The van der Waals surface area contributed by atoms with E-state index in [4.69, 9.17) is 19.3 Å². The first kappa shape index (κ1) is 12.7. The number of rotatable bonds is 4. The lowest BCUT2D eigenvalue weighted by Crippen LogP contribution is -2.22. The van der Waals surface area contributed by atoms with E-state index in [1.54, 1.807) is 12.1 Å². The number of benzene rings is 1. The lowest BCUT2D eigenvalue weighted by molar-refractivity contribution is -0.144. The number of ether oxygens (including phenoxy) is 3. The third-order valence-electron chi connectivity index (χ3n) is 2.54. The first-order valence-electron chi connectivity index (χ1n) is 5.53. The molecule has 1 atom stereocenters. The van der Waals surface area contributed by atoms with E-state index in [9.17, 15) is 9.90 Å². The molecule has 2 N–H and O–H groups in total. The minimum atomic E-state index is -1.07. The molecule has 1 aliphatic heterocycles. The number of aliphatic carboxylic acids is 1. The molecule has 6 nitrogen and oxygen atoms in total. The zero-order chi connectivity index (χ0) is 13.1. The summed E-state index contributed by atoms with van der Waals surface area (Å²) in [5.41, 5.74) is 0.503. The van der Waals surface area contributed by atoms with Gasteiger partial charge in [0.05, 0.1) is 13.2 Å². The molecule has 0 amide bonds. The van der Waals surface area contributed by atoms with Crippen molar-refractivity contribution in [2.45, 2.75) is 19.3 Å². The first-order chi connectivity index (χ1) is 8.58. The molecule has 0 saturated carbocycles. The summed E-state index contributed by atoms with van der Waals surface area (Å²) >= 11 is 0. The molecule has 1 saturated heterocycles. The highest BCUT2D eigenvalue weighted by Crippen LogP contribution is 2.33. The number of hydrogen-bond donors (Lipinski definition) is 2. The van der Waals surface area contributed by atoms with Gasteiger partial charge in [-0.15, -0.1) is 0 Å². The quantitative estimate of drug-likeness (QED) is 0.842.